The van der Waals surface area contributed by atoms with E-state index in [1.807, 2.05) is 18.2 Å². The van der Waals surface area contributed by atoms with Gasteiger partial charge in [0.1, 0.15) is 5.75 Å². The van der Waals surface area contributed by atoms with Crippen LogP contribution in [0.25, 0.3) is 0 Å². The Kier molecular flexibility index (Phi) is 4.13. The van der Waals surface area contributed by atoms with Gasteiger partial charge in [0, 0.05) is 22.6 Å². The standard InChI is InChI=1S/C24H21ClN2O/c1-15-3-7-17(8-4-15)21-14-22-20-13-19(25)11-12-23(20)28-24(27(22)26-21)18-9-5-16(2)6-10-18/h3-13,22,24H,14H2,1-2H3/t22-,24+/m0/s1. The Hall–Kier alpha value is -2.78. The molecule has 2 aliphatic heterocycles. The molecule has 2 atom stereocenters. The minimum Gasteiger partial charge on any atom is -0.464 e. The molecule has 0 aliphatic carbocycles. The smallest absolute Gasteiger partial charge is 0.213 e. The van der Waals surface area contributed by atoms with Crippen molar-refractivity contribution in [1.29, 1.82) is 0 Å². The van der Waals surface area contributed by atoms with Crippen LogP contribution in [0, 0.1) is 13.8 Å². The molecular weight excluding hydrogens is 368 g/mol. The number of hydrogen-bond donors (Lipinski definition) is 0. The Morgan fingerprint density at radius 2 is 1.61 bits per heavy atom. The Balaban J connectivity index is 1.59. The van der Waals surface area contributed by atoms with Gasteiger partial charge in [-0.3, -0.25) is 0 Å². The van der Waals surface area contributed by atoms with E-state index in [0.29, 0.717) is 0 Å². The maximum Gasteiger partial charge on any atom is 0.213 e. The zero-order valence-corrected chi connectivity index (χ0v) is 16.6. The second-order valence-electron chi connectivity index (χ2n) is 7.58. The van der Waals surface area contributed by atoms with E-state index in [2.05, 4.69) is 67.4 Å². The number of ether oxygens (including phenoxy) is 1. The Bertz CT molecular complexity index is 1060. The molecule has 2 heterocycles. The molecular formula is C24H21ClN2O. The van der Waals surface area contributed by atoms with E-state index in [1.54, 1.807) is 0 Å². The summed E-state index contributed by atoms with van der Waals surface area (Å²) in [6.45, 7) is 4.19. The van der Waals surface area contributed by atoms with Crippen molar-refractivity contribution in [3.63, 3.8) is 0 Å². The third-order valence-corrected chi connectivity index (χ3v) is 5.73. The lowest BCUT2D eigenvalue weighted by Gasteiger charge is -2.38. The van der Waals surface area contributed by atoms with Crippen LogP contribution in [-0.4, -0.2) is 10.7 Å². The first-order chi connectivity index (χ1) is 13.6. The quantitative estimate of drug-likeness (QED) is 0.522. The molecule has 0 saturated carbocycles. The summed E-state index contributed by atoms with van der Waals surface area (Å²) in [5.41, 5.74) is 6.92. The number of halogens is 1. The topological polar surface area (TPSA) is 24.8 Å². The largest absolute Gasteiger partial charge is 0.464 e. The molecule has 5 rings (SSSR count). The molecule has 0 N–H and O–H groups in total. The van der Waals surface area contributed by atoms with Gasteiger partial charge < -0.3 is 4.74 Å². The molecule has 3 aromatic rings. The Morgan fingerprint density at radius 3 is 2.32 bits per heavy atom. The Labute approximate surface area is 170 Å². The normalized spacial score (nSPS) is 20.2. The molecule has 0 unspecified atom stereocenters. The summed E-state index contributed by atoms with van der Waals surface area (Å²) in [6, 6.07) is 23.0. The number of benzene rings is 3. The van der Waals surface area contributed by atoms with E-state index < -0.39 is 0 Å². The Morgan fingerprint density at radius 1 is 0.929 bits per heavy atom. The van der Waals surface area contributed by atoms with Gasteiger partial charge in [-0.1, -0.05) is 71.3 Å². The van der Waals surface area contributed by atoms with Gasteiger partial charge in [-0.25, -0.2) is 5.01 Å². The minimum absolute atomic E-state index is 0.116. The summed E-state index contributed by atoms with van der Waals surface area (Å²) in [5.74, 6) is 0.886. The molecule has 3 nitrogen and oxygen atoms in total. The van der Waals surface area contributed by atoms with E-state index >= 15 is 0 Å². The van der Waals surface area contributed by atoms with Crippen LogP contribution in [0.5, 0.6) is 5.75 Å². The van der Waals surface area contributed by atoms with Gasteiger partial charge in [0.25, 0.3) is 0 Å². The molecule has 0 spiro atoms. The SMILES string of the molecule is Cc1ccc(C2=NN3[C@@H](c4ccc(C)cc4)Oc4ccc(Cl)cc4[C@@H]3C2)cc1. The summed E-state index contributed by atoms with van der Waals surface area (Å²) < 4.78 is 6.39. The van der Waals surface area contributed by atoms with Crippen LogP contribution >= 0.6 is 11.6 Å². The number of rotatable bonds is 2. The van der Waals surface area contributed by atoms with Gasteiger partial charge in [-0.2, -0.15) is 5.10 Å². The van der Waals surface area contributed by atoms with Crippen LogP contribution < -0.4 is 4.74 Å². The van der Waals surface area contributed by atoms with Crippen molar-refractivity contribution in [2.24, 2.45) is 5.10 Å². The molecule has 28 heavy (non-hydrogen) atoms. The summed E-state index contributed by atoms with van der Waals surface area (Å²) >= 11 is 6.30. The highest BCUT2D eigenvalue weighted by Crippen LogP contribution is 2.48. The van der Waals surface area contributed by atoms with Crippen molar-refractivity contribution in [3.8, 4) is 5.75 Å². The predicted octanol–water partition coefficient (Wildman–Crippen LogP) is 6.20. The van der Waals surface area contributed by atoms with E-state index in [1.165, 1.54) is 11.1 Å². The lowest BCUT2D eigenvalue weighted by atomic mass is 9.95. The van der Waals surface area contributed by atoms with Crippen LogP contribution in [0.1, 0.15) is 46.5 Å². The molecule has 0 fully saturated rings. The highest BCUT2D eigenvalue weighted by molar-refractivity contribution is 6.30. The van der Waals surface area contributed by atoms with Crippen molar-refractivity contribution < 1.29 is 4.74 Å². The summed E-state index contributed by atoms with van der Waals surface area (Å²) in [6.07, 6.45) is 0.588. The first-order valence-electron chi connectivity index (χ1n) is 9.54. The van der Waals surface area contributed by atoms with Gasteiger partial charge in [0.05, 0.1) is 11.8 Å². The molecule has 0 saturated heterocycles. The van der Waals surface area contributed by atoms with Crippen LogP contribution in [0.2, 0.25) is 5.02 Å². The fourth-order valence-corrected chi connectivity index (χ4v) is 4.11. The van der Waals surface area contributed by atoms with Gasteiger partial charge in [0.15, 0.2) is 0 Å². The van der Waals surface area contributed by atoms with E-state index in [4.69, 9.17) is 21.4 Å². The third kappa shape index (κ3) is 2.96. The molecule has 2 aliphatic rings. The zero-order valence-electron chi connectivity index (χ0n) is 15.9. The van der Waals surface area contributed by atoms with Crippen molar-refractivity contribution in [2.75, 3.05) is 0 Å². The van der Waals surface area contributed by atoms with Crippen molar-refractivity contribution in [2.45, 2.75) is 32.5 Å². The summed E-state index contributed by atoms with van der Waals surface area (Å²) in [4.78, 5) is 0. The van der Waals surface area contributed by atoms with Crippen LogP contribution in [0.4, 0.5) is 0 Å². The van der Waals surface area contributed by atoms with Crippen molar-refractivity contribution in [1.82, 2.24) is 5.01 Å². The van der Waals surface area contributed by atoms with Crippen LogP contribution in [0.15, 0.2) is 71.8 Å². The maximum absolute atomic E-state index is 6.39. The van der Waals surface area contributed by atoms with Crippen LogP contribution in [-0.2, 0) is 0 Å². The predicted molar refractivity (Wildman–Crippen MR) is 113 cm³/mol. The number of fused-ring (bicyclic) bond motifs is 3. The molecule has 0 bridgehead atoms. The lowest BCUT2D eigenvalue weighted by molar-refractivity contribution is -0.0190. The second-order valence-corrected chi connectivity index (χ2v) is 8.01. The lowest BCUT2D eigenvalue weighted by Crippen LogP contribution is -2.33. The maximum atomic E-state index is 6.39. The second kappa shape index (κ2) is 6.68. The number of aryl methyl sites for hydroxylation is 2. The number of nitrogens with zero attached hydrogens (tertiary/aromatic N) is 2. The number of hydrogen-bond acceptors (Lipinski definition) is 3. The average Bonchev–Trinajstić information content (AvgIpc) is 3.14. The van der Waals surface area contributed by atoms with Gasteiger partial charge in [-0.05, 0) is 37.6 Å². The van der Waals surface area contributed by atoms with E-state index in [9.17, 15) is 0 Å². The first-order valence-corrected chi connectivity index (χ1v) is 9.92. The summed E-state index contributed by atoms with van der Waals surface area (Å²) in [5, 5.41) is 7.82. The molecule has 0 aromatic heterocycles. The van der Waals surface area contributed by atoms with Gasteiger partial charge in [-0.15, -0.1) is 0 Å². The third-order valence-electron chi connectivity index (χ3n) is 5.50. The fourth-order valence-electron chi connectivity index (χ4n) is 3.93. The molecule has 0 radical (unpaired) electrons. The zero-order chi connectivity index (χ0) is 19.3. The molecule has 0 amide bonds. The van der Waals surface area contributed by atoms with E-state index in [0.717, 1.165) is 39.6 Å². The summed E-state index contributed by atoms with van der Waals surface area (Å²) in [7, 11) is 0. The first kappa shape index (κ1) is 17.3. The van der Waals surface area contributed by atoms with E-state index in [-0.39, 0.29) is 12.3 Å². The highest BCUT2D eigenvalue weighted by atomic mass is 35.5. The van der Waals surface area contributed by atoms with Crippen molar-refractivity contribution in [3.05, 3.63) is 99.6 Å². The fraction of sp³-hybridized carbons (Fsp3) is 0.208. The molecule has 4 heteroatoms. The van der Waals surface area contributed by atoms with Crippen molar-refractivity contribution >= 4 is 17.3 Å². The van der Waals surface area contributed by atoms with Crippen LogP contribution in [0.3, 0.4) is 0 Å². The number of hydrazone groups is 1. The molecule has 3 aromatic carbocycles. The molecule has 140 valence electrons. The highest BCUT2D eigenvalue weighted by Gasteiger charge is 2.41. The monoisotopic (exact) mass is 388 g/mol. The van der Waals surface area contributed by atoms with Gasteiger partial charge >= 0.3 is 0 Å². The minimum atomic E-state index is -0.248. The average molecular weight is 389 g/mol. The van der Waals surface area contributed by atoms with Gasteiger partial charge in [0.2, 0.25) is 6.23 Å².